The summed E-state index contributed by atoms with van der Waals surface area (Å²) in [6.45, 7) is 11.6. The highest BCUT2D eigenvalue weighted by Gasteiger charge is 2.26. The van der Waals surface area contributed by atoms with Gasteiger partial charge in [0.15, 0.2) is 0 Å². The highest BCUT2D eigenvalue weighted by Crippen LogP contribution is 2.13. The lowest BCUT2D eigenvalue weighted by atomic mass is 10.0. The summed E-state index contributed by atoms with van der Waals surface area (Å²) in [5, 5.41) is 15.2. The van der Waals surface area contributed by atoms with Gasteiger partial charge in [-0.05, 0) is 26.3 Å². The van der Waals surface area contributed by atoms with Gasteiger partial charge in [0, 0.05) is 12.8 Å². The van der Waals surface area contributed by atoms with Crippen molar-refractivity contribution < 1.29 is 57.9 Å². The molecule has 1 aromatic carbocycles. The highest BCUT2D eigenvalue weighted by molar-refractivity contribution is 5.17. The number of benzene rings is 1. The summed E-state index contributed by atoms with van der Waals surface area (Å²) in [4.78, 5) is 1.76. The molecule has 2 atom stereocenters. The third kappa shape index (κ3) is 9.23. The zero-order valence-electron chi connectivity index (χ0n) is 16.2. The van der Waals surface area contributed by atoms with Crippen LogP contribution in [0.5, 0.6) is 0 Å². The van der Waals surface area contributed by atoms with Crippen LogP contribution >= 0.6 is 0 Å². The van der Waals surface area contributed by atoms with Crippen molar-refractivity contribution in [3.63, 3.8) is 0 Å². The quantitative estimate of drug-likeness (QED) is 0.305. The molecule has 1 heterocycles. The fourth-order valence-electron chi connectivity index (χ4n) is 3.60. The Labute approximate surface area is 177 Å². The number of likely N-dealkylation sites (tertiary alicyclic amines) is 1. The van der Waals surface area contributed by atoms with Gasteiger partial charge in [0.25, 0.3) is 0 Å². The first-order chi connectivity index (χ1) is 11.1. The molecule has 0 saturated carbocycles. The third-order valence-electron chi connectivity index (χ3n) is 5.33. The molecule has 0 bridgehead atoms. The standard InChI is InChI=1S/C19H33N3O.3ClH/c1-15(2)22-13-9-18(10-14-22)21-12-11-20-16(3)19(23)17-7-5-4-6-8-17;;;/h4-8,15-16,18-21,23H,9-14H2,1-3H3;3*1H. The van der Waals surface area contributed by atoms with Crippen LogP contribution in [0.4, 0.5) is 0 Å². The van der Waals surface area contributed by atoms with Crippen molar-refractivity contribution >= 4 is 0 Å². The van der Waals surface area contributed by atoms with Crippen molar-refractivity contribution in [1.29, 1.82) is 0 Å². The molecule has 2 rings (SSSR count). The largest absolute Gasteiger partial charge is 1.00 e. The van der Waals surface area contributed by atoms with E-state index in [4.69, 9.17) is 0 Å². The van der Waals surface area contributed by atoms with E-state index in [1.54, 1.807) is 4.90 Å². The van der Waals surface area contributed by atoms with Gasteiger partial charge in [0.05, 0.1) is 25.2 Å². The maximum Gasteiger partial charge on any atom is 0.130 e. The molecule has 1 aliphatic rings. The van der Waals surface area contributed by atoms with Gasteiger partial charge >= 0.3 is 0 Å². The Kier molecular flexibility index (Phi) is 16.2. The fourth-order valence-corrected chi connectivity index (χ4v) is 3.60. The second-order valence-corrected chi connectivity index (χ2v) is 7.41. The number of quaternary nitrogens is 3. The summed E-state index contributed by atoms with van der Waals surface area (Å²) < 4.78 is 0. The Morgan fingerprint density at radius 1 is 1.00 bits per heavy atom. The monoisotopic (exact) mass is 427 g/mol. The van der Waals surface area contributed by atoms with E-state index in [9.17, 15) is 5.11 Å². The molecule has 1 fully saturated rings. The van der Waals surface area contributed by atoms with E-state index in [1.807, 2.05) is 30.3 Å². The first-order valence-electron chi connectivity index (χ1n) is 9.32. The lowest BCUT2D eigenvalue weighted by molar-refractivity contribution is -0.933. The number of nitrogens with two attached hydrogens (primary N) is 2. The SMILES string of the molecule is CC([NH2+]CC[NH2+]C1CC[NH+](C(C)C)CC1)C(O)c1ccccc1.[Cl-].[Cl-].[Cl-]. The van der Waals surface area contributed by atoms with E-state index in [1.165, 1.54) is 25.9 Å². The molecular formula is C19H36Cl3N3O. The van der Waals surface area contributed by atoms with Crippen LogP contribution in [-0.2, 0) is 0 Å². The van der Waals surface area contributed by atoms with Crippen LogP contribution in [0.1, 0.15) is 45.3 Å². The summed E-state index contributed by atoms with van der Waals surface area (Å²) in [7, 11) is 0. The van der Waals surface area contributed by atoms with E-state index < -0.39 is 0 Å². The average molecular weight is 429 g/mol. The van der Waals surface area contributed by atoms with Crippen molar-refractivity contribution in [2.24, 2.45) is 0 Å². The lowest BCUT2D eigenvalue weighted by Crippen LogP contribution is -3.17. The second-order valence-electron chi connectivity index (χ2n) is 7.41. The summed E-state index contributed by atoms with van der Waals surface area (Å²) in [5.74, 6) is 0. The van der Waals surface area contributed by atoms with Gasteiger partial charge in [-0.1, -0.05) is 30.3 Å². The van der Waals surface area contributed by atoms with Crippen LogP contribution in [0, 0.1) is 0 Å². The molecule has 0 aliphatic carbocycles. The number of hydrogen-bond donors (Lipinski definition) is 4. The van der Waals surface area contributed by atoms with Crippen molar-refractivity contribution in [3.8, 4) is 0 Å². The molecule has 154 valence electrons. The number of piperidine rings is 1. The molecular weight excluding hydrogens is 393 g/mol. The number of aliphatic hydroxyl groups excluding tert-OH is 1. The Morgan fingerprint density at radius 2 is 1.58 bits per heavy atom. The maximum absolute atomic E-state index is 10.4. The number of aliphatic hydroxyl groups is 1. The van der Waals surface area contributed by atoms with Gasteiger partial charge in [-0.2, -0.15) is 0 Å². The van der Waals surface area contributed by atoms with Crippen molar-refractivity contribution in [1.82, 2.24) is 0 Å². The molecule has 6 N–H and O–H groups in total. The molecule has 1 saturated heterocycles. The molecule has 7 heteroatoms. The lowest BCUT2D eigenvalue weighted by Gasteiger charge is -2.30. The van der Waals surface area contributed by atoms with E-state index in [0.717, 1.165) is 30.7 Å². The molecule has 2 unspecified atom stereocenters. The molecule has 0 amide bonds. The Morgan fingerprint density at radius 3 is 2.12 bits per heavy atom. The van der Waals surface area contributed by atoms with Gasteiger partial charge in [0.1, 0.15) is 25.2 Å². The van der Waals surface area contributed by atoms with Gasteiger partial charge in [-0.15, -0.1) is 0 Å². The predicted molar refractivity (Wildman–Crippen MR) is 93.3 cm³/mol. The summed E-state index contributed by atoms with van der Waals surface area (Å²) in [6, 6.07) is 11.8. The summed E-state index contributed by atoms with van der Waals surface area (Å²) in [6.07, 6.45) is 2.31. The predicted octanol–water partition coefficient (Wildman–Crippen LogP) is -10.3. The molecule has 26 heavy (non-hydrogen) atoms. The van der Waals surface area contributed by atoms with Crippen LogP contribution in [0.25, 0.3) is 0 Å². The van der Waals surface area contributed by atoms with Gasteiger partial charge in [0.2, 0.25) is 0 Å². The van der Waals surface area contributed by atoms with Crippen molar-refractivity contribution in [3.05, 3.63) is 35.9 Å². The number of nitrogens with one attached hydrogen (secondary N) is 1. The maximum atomic E-state index is 10.4. The van der Waals surface area contributed by atoms with Gasteiger partial charge in [-0.3, -0.25) is 0 Å². The smallest absolute Gasteiger partial charge is 0.130 e. The van der Waals surface area contributed by atoms with E-state index >= 15 is 0 Å². The van der Waals surface area contributed by atoms with Crippen LogP contribution < -0.4 is 52.8 Å². The number of hydrogen-bond acceptors (Lipinski definition) is 1. The van der Waals surface area contributed by atoms with E-state index in [-0.39, 0.29) is 49.4 Å². The highest BCUT2D eigenvalue weighted by atomic mass is 35.5. The first-order valence-corrected chi connectivity index (χ1v) is 9.32. The van der Waals surface area contributed by atoms with Crippen LogP contribution in [-0.4, -0.2) is 49.4 Å². The van der Waals surface area contributed by atoms with Crippen molar-refractivity contribution in [2.75, 3.05) is 26.2 Å². The van der Waals surface area contributed by atoms with E-state index in [0.29, 0.717) is 0 Å². The van der Waals surface area contributed by atoms with Crippen molar-refractivity contribution in [2.45, 2.75) is 57.8 Å². The van der Waals surface area contributed by atoms with E-state index in [2.05, 4.69) is 31.4 Å². The third-order valence-corrected chi connectivity index (χ3v) is 5.33. The number of halogens is 3. The zero-order chi connectivity index (χ0) is 16.7. The zero-order valence-corrected chi connectivity index (χ0v) is 18.4. The molecule has 0 radical (unpaired) electrons. The first kappa shape index (κ1) is 28.1. The summed E-state index contributed by atoms with van der Waals surface area (Å²) in [5.41, 5.74) is 1.02. The van der Waals surface area contributed by atoms with Gasteiger partial charge < -0.3 is 57.9 Å². The molecule has 0 aromatic heterocycles. The van der Waals surface area contributed by atoms with Crippen LogP contribution in [0.15, 0.2) is 30.3 Å². The minimum Gasteiger partial charge on any atom is -1.00 e. The Balaban J connectivity index is 0. The van der Waals surface area contributed by atoms with Crippen LogP contribution in [0.3, 0.4) is 0 Å². The normalized spacial score (nSPS) is 21.7. The number of rotatable bonds is 8. The van der Waals surface area contributed by atoms with Gasteiger partial charge in [-0.25, -0.2) is 0 Å². The minimum atomic E-state index is -0.380. The summed E-state index contributed by atoms with van der Waals surface area (Å²) >= 11 is 0. The Bertz CT molecular complexity index is 443. The fraction of sp³-hybridized carbons (Fsp3) is 0.684. The second kappa shape index (κ2) is 14.9. The molecule has 1 aliphatic heterocycles. The molecule has 1 aromatic rings. The van der Waals surface area contributed by atoms with Crippen LogP contribution in [0.2, 0.25) is 0 Å². The average Bonchev–Trinajstić information content (AvgIpc) is 2.59. The topological polar surface area (TPSA) is 57.9 Å². The minimum absolute atomic E-state index is 0. The Hall–Kier alpha value is -0.0700. The molecule has 4 nitrogen and oxygen atoms in total. The molecule has 0 spiro atoms.